The second-order valence-electron chi connectivity index (χ2n) is 5.94. The lowest BCUT2D eigenvalue weighted by Crippen LogP contribution is -2.27. The van der Waals surface area contributed by atoms with Gasteiger partial charge in [-0.15, -0.1) is 0 Å². The summed E-state index contributed by atoms with van der Waals surface area (Å²) in [6.07, 6.45) is 13.4. The molecule has 0 heterocycles. The first-order valence-electron chi connectivity index (χ1n) is 6.97. The van der Waals surface area contributed by atoms with Gasteiger partial charge in [0.15, 0.2) is 0 Å². The standard InChI is InChI=1S/C16H24O/c1-13(2)5-3-6-14-8-11-16(12-9-14)10-4-7-15(16)17/h5,8H,3-4,6-7,9-12H2,1-2H3. The minimum atomic E-state index is 0.0695. The summed E-state index contributed by atoms with van der Waals surface area (Å²) < 4.78 is 0. The van der Waals surface area contributed by atoms with Crippen LogP contribution in [0.2, 0.25) is 0 Å². The molecule has 0 radical (unpaired) electrons. The fraction of sp³-hybridized carbons (Fsp3) is 0.688. The first-order valence-corrected chi connectivity index (χ1v) is 6.97. The molecule has 2 rings (SSSR count). The third kappa shape index (κ3) is 2.88. The van der Waals surface area contributed by atoms with Gasteiger partial charge in [0.05, 0.1) is 0 Å². The van der Waals surface area contributed by atoms with E-state index in [0.29, 0.717) is 5.78 Å². The van der Waals surface area contributed by atoms with Crippen LogP contribution in [0, 0.1) is 5.41 Å². The highest BCUT2D eigenvalue weighted by atomic mass is 16.1. The van der Waals surface area contributed by atoms with Gasteiger partial charge in [-0.05, 0) is 58.8 Å². The zero-order valence-corrected chi connectivity index (χ0v) is 11.2. The van der Waals surface area contributed by atoms with Gasteiger partial charge in [-0.2, -0.15) is 0 Å². The fourth-order valence-electron chi connectivity index (χ4n) is 3.19. The molecular weight excluding hydrogens is 208 g/mol. The van der Waals surface area contributed by atoms with E-state index in [2.05, 4.69) is 26.0 Å². The Labute approximate surface area is 105 Å². The van der Waals surface area contributed by atoms with Gasteiger partial charge >= 0.3 is 0 Å². The zero-order valence-electron chi connectivity index (χ0n) is 11.2. The maximum atomic E-state index is 11.9. The van der Waals surface area contributed by atoms with E-state index in [0.717, 1.165) is 44.9 Å². The Hall–Kier alpha value is -0.850. The van der Waals surface area contributed by atoms with Crippen molar-refractivity contribution in [3.8, 4) is 0 Å². The van der Waals surface area contributed by atoms with Crippen LogP contribution in [-0.4, -0.2) is 5.78 Å². The Kier molecular flexibility index (Phi) is 3.86. The number of allylic oxidation sites excluding steroid dienone is 4. The predicted octanol–water partition coefficient (Wildman–Crippen LogP) is 4.58. The minimum Gasteiger partial charge on any atom is -0.299 e. The first-order chi connectivity index (χ1) is 8.12. The maximum Gasteiger partial charge on any atom is 0.139 e. The highest BCUT2D eigenvalue weighted by molar-refractivity contribution is 5.87. The van der Waals surface area contributed by atoms with Crippen LogP contribution in [-0.2, 0) is 4.79 Å². The van der Waals surface area contributed by atoms with Crippen molar-refractivity contribution >= 4 is 5.78 Å². The Morgan fingerprint density at radius 1 is 1.35 bits per heavy atom. The number of carbonyl (C=O) groups excluding carboxylic acids is 1. The molecule has 1 nitrogen and oxygen atoms in total. The highest BCUT2D eigenvalue weighted by Gasteiger charge is 2.41. The van der Waals surface area contributed by atoms with E-state index >= 15 is 0 Å². The molecule has 0 N–H and O–H groups in total. The molecule has 1 heteroatoms. The van der Waals surface area contributed by atoms with Crippen molar-refractivity contribution in [1.82, 2.24) is 0 Å². The quantitative estimate of drug-likeness (QED) is 0.651. The third-order valence-electron chi connectivity index (χ3n) is 4.37. The molecule has 17 heavy (non-hydrogen) atoms. The van der Waals surface area contributed by atoms with Gasteiger partial charge in [0, 0.05) is 11.8 Å². The van der Waals surface area contributed by atoms with Crippen molar-refractivity contribution in [3.63, 3.8) is 0 Å². The van der Waals surface area contributed by atoms with Gasteiger partial charge in [-0.1, -0.05) is 23.3 Å². The molecule has 0 aromatic heterocycles. The summed E-state index contributed by atoms with van der Waals surface area (Å²) in [4.78, 5) is 11.9. The molecule has 0 amide bonds. The predicted molar refractivity (Wildman–Crippen MR) is 71.9 cm³/mol. The Morgan fingerprint density at radius 3 is 2.71 bits per heavy atom. The van der Waals surface area contributed by atoms with Crippen LogP contribution in [0.15, 0.2) is 23.3 Å². The van der Waals surface area contributed by atoms with Crippen LogP contribution in [0.1, 0.15) is 65.2 Å². The van der Waals surface area contributed by atoms with E-state index < -0.39 is 0 Å². The topological polar surface area (TPSA) is 17.1 Å². The van der Waals surface area contributed by atoms with E-state index in [1.807, 2.05) is 0 Å². The highest BCUT2D eigenvalue weighted by Crippen LogP contribution is 2.46. The average molecular weight is 232 g/mol. The van der Waals surface area contributed by atoms with E-state index in [1.54, 1.807) is 5.57 Å². The second-order valence-corrected chi connectivity index (χ2v) is 5.94. The number of Topliss-reactive ketones (excluding diaryl/α,β-unsaturated/α-hetero) is 1. The number of ketones is 1. The SMILES string of the molecule is CC(C)=CCCC1=CCC2(CCCC2=O)CC1. The van der Waals surface area contributed by atoms with Crippen molar-refractivity contribution in [2.24, 2.45) is 5.41 Å². The summed E-state index contributed by atoms with van der Waals surface area (Å²) >= 11 is 0. The summed E-state index contributed by atoms with van der Waals surface area (Å²) in [5.74, 6) is 0.539. The number of carbonyl (C=O) groups is 1. The van der Waals surface area contributed by atoms with Crippen LogP contribution in [0.25, 0.3) is 0 Å². The third-order valence-corrected chi connectivity index (χ3v) is 4.37. The van der Waals surface area contributed by atoms with Crippen LogP contribution in [0.5, 0.6) is 0 Å². The van der Waals surface area contributed by atoms with Crippen LogP contribution in [0.4, 0.5) is 0 Å². The van der Waals surface area contributed by atoms with Gasteiger partial charge < -0.3 is 0 Å². The molecule has 0 aliphatic heterocycles. The summed E-state index contributed by atoms with van der Waals surface area (Å²) in [5.41, 5.74) is 3.05. The van der Waals surface area contributed by atoms with Gasteiger partial charge in [-0.25, -0.2) is 0 Å². The Balaban J connectivity index is 1.89. The van der Waals surface area contributed by atoms with E-state index in [-0.39, 0.29) is 5.41 Å². The second kappa shape index (κ2) is 5.20. The molecule has 0 saturated heterocycles. The fourth-order valence-corrected chi connectivity index (χ4v) is 3.19. The van der Waals surface area contributed by atoms with Gasteiger partial charge in [0.2, 0.25) is 0 Å². The normalized spacial score (nSPS) is 28.4. The van der Waals surface area contributed by atoms with Gasteiger partial charge in [0.25, 0.3) is 0 Å². The molecule has 1 saturated carbocycles. The van der Waals surface area contributed by atoms with Crippen LogP contribution in [0.3, 0.4) is 0 Å². The van der Waals surface area contributed by atoms with Gasteiger partial charge in [-0.3, -0.25) is 4.79 Å². The lowest BCUT2D eigenvalue weighted by Gasteiger charge is -2.30. The first kappa shape index (κ1) is 12.6. The van der Waals surface area contributed by atoms with E-state index in [1.165, 1.54) is 12.0 Å². The molecule has 1 fully saturated rings. The monoisotopic (exact) mass is 232 g/mol. The van der Waals surface area contributed by atoms with E-state index in [9.17, 15) is 4.79 Å². The van der Waals surface area contributed by atoms with Crippen LogP contribution < -0.4 is 0 Å². The largest absolute Gasteiger partial charge is 0.299 e. The summed E-state index contributed by atoms with van der Waals surface area (Å²) in [6, 6.07) is 0. The summed E-state index contributed by atoms with van der Waals surface area (Å²) in [5, 5.41) is 0. The van der Waals surface area contributed by atoms with Crippen molar-refractivity contribution in [2.75, 3.05) is 0 Å². The molecule has 1 spiro atoms. The van der Waals surface area contributed by atoms with Crippen molar-refractivity contribution in [1.29, 1.82) is 0 Å². The maximum absolute atomic E-state index is 11.9. The van der Waals surface area contributed by atoms with Crippen molar-refractivity contribution in [3.05, 3.63) is 23.3 Å². The molecule has 2 aliphatic carbocycles. The van der Waals surface area contributed by atoms with Gasteiger partial charge in [0.1, 0.15) is 5.78 Å². The molecule has 2 aliphatic rings. The average Bonchev–Trinajstić information content (AvgIpc) is 2.63. The molecule has 1 atom stereocenters. The molecular formula is C16H24O. The minimum absolute atomic E-state index is 0.0695. The van der Waals surface area contributed by atoms with Crippen LogP contribution >= 0.6 is 0 Å². The van der Waals surface area contributed by atoms with Crippen molar-refractivity contribution < 1.29 is 4.79 Å². The summed E-state index contributed by atoms with van der Waals surface area (Å²) in [7, 11) is 0. The van der Waals surface area contributed by atoms with Crippen molar-refractivity contribution in [2.45, 2.75) is 65.2 Å². The van der Waals surface area contributed by atoms with E-state index in [4.69, 9.17) is 0 Å². The molecule has 0 aromatic rings. The Morgan fingerprint density at radius 2 is 2.18 bits per heavy atom. The number of hydrogen-bond donors (Lipinski definition) is 0. The smallest absolute Gasteiger partial charge is 0.139 e. The number of hydrogen-bond acceptors (Lipinski definition) is 1. The molecule has 0 bridgehead atoms. The Bertz CT molecular complexity index is 358. The lowest BCUT2D eigenvalue weighted by atomic mass is 9.72. The molecule has 94 valence electrons. The zero-order chi connectivity index (χ0) is 12.3. The molecule has 0 aromatic carbocycles. The summed E-state index contributed by atoms with van der Waals surface area (Å²) in [6.45, 7) is 4.31. The number of rotatable bonds is 3. The lowest BCUT2D eigenvalue weighted by molar-refractivity contribution is -0.126. The molecule has 1 unspecified atom stereocenters.